The summed E-state index contributed by atoms with van der Waals surface area (Å²) in [6.45, 7) is 4.12. The molecule has 0 spiro atoms. The summed E-state index contributed by atoms with van der Waals surface area (Å²) < 4.78 is 11.7. The second-order valence-electron chi connectivity index (χ2n) is 6.45. The van der Waals surface area contributed by atoms with Crippen LogP contribution in [0.1, 0.15) is 25.3 Å². The first kappa shape index (κ1) is 20.0. The quantitative estimate of drug-likeness (QED) is 0.564. The first-order valence-corrected chi connectivity index (χ1v) is 9.29. The molecule has 28 heavy (non-hydrogen) atoms. The van der Waals surface area contributed by atoms with Crippen molar-refractivity contribution in [3.63, 3.8) is 0 Å². The third-order valence-electron chi connectivity index (χ3n) is 4.21. The lowest BCUT2D eigenvalue weighted by molar-refractivity contribution is 0.412. The lowest BCUT2D eigenvalue weighted by Crippen LogP contribution is -2.03. The standard InChI is InChI=1S/C20H20Cl2N4O2/c1-10(2)12-7-16(27-3)13(11-4-5-14(21)15(22)6-11)8-17(12)28-18-9-25-20(24)26-19(18)23/h4-10H,1-3H3,(H4,23,24,25,26). The highest BCUT2D eigenvalue weighted by Crippen LogP contribution is 2.42. The molecule has 0 saturated heterocycles. The van der Waals surface area contributed by atoms with Gasteiger partial charge in [-0.05, 0) is 35.7 Å². The maximum Gasteiger partial charge on any atom is 0.222 e. The Hall–Kier alpha value is -2.70. The number of ether oxygens (including phenoxy) is 2. The number of hydrogen-bond donors (Lipinski definition) is 2. The lowest BCUT2D eigenvalue weighted by Gasteiger charge is -2.19. The summed E-state index contributed by atoms with van der Waals surface area (Å²) in [6.07, 6.45) is 1.45. The zero-order chi connectivity index (χ0) is 20.4. The van der Waals surface area contributed by atoms with Gasteiger partial charge in [-0.1, -0.05) is 43.1 Å². The Morgan fingerprint density at radius 3 is 2.32 bits per heavy atom. The molecule has 3 rings (SSSR count). The molecule has 0 unspecified atom stereocenters. The van der Waals surface area contributed by atoms with Crippen LogP contribution in [0.3, 0.4) is 0 Å². The molecule has 0 atom stereocenters. The van der Waals surface area contributed by atoms with Crippen LogP contribution in [0.4, 0.5) is 11.8 Å². The topological polar surface area (TPSA) is 96.3 Å². The van der Waals surface area contributed by atoms with E-state index in [-0.39, 0.29) is 17.7 Å². The van der Waals surface area contributed by atoms with E-state index in [4.69, 9.17) is 44.1 Å². The highest BCUT2D eigenvalue weighted by molar-refractivity contribution is 6.42. The number of methoxy groups -OCH3 is 1. The number of aromatic nitrogens is 2. The smallest absolute Gasteiger partial charge is 0.222 e. The van der Waals surface area contributed by atoms with Crippen LogP contribution in [0, 0.1) is 0 Å². The molecule has 0 bridgehead atoms. The van der Waals surface area contributed by atoms with Crippen molar-refractivity contribution in [2.75, 3.05) is 18.6 Å². The Labute approximate surface area is 173 Å². The van der Waals surface area contributed by atoms with Crippen LogP contribution in [0.5, 0.6) is 17.2 Å². The normalized spacial score (nSPS) is 10.9. The van der Waals surface area contributed by atoms with Crippen molar-refractivity contribution in [2.24, 2.45) is 0 Å². The van der Waals surface area contributed by atoms with Crippen LogP contribution in [0.25, 0.3) is 11.1 Å². The van der Waals surface area contributed by atoms with Crippen molar-refractivity contribution >= 4 is 35.0 Å². The van der Waals surface area contributed by atoms with E-state index in [9.17, 15) is 0 Å². The molecule has 0 radical (unpaired) electrons. The number of halogens is 2. The second kappa shape index (κ2) is 8.12. The summed E-state index contributed by atoms with van der Waals surface area (Å²) in [5, 5.41) is 0.930. The summed E-state index contributed by atoms with van der Waals surface area (Å²) in [6, 6.07) is 9.20. The van der Waals surface area contributed by atoms with Gasteiger partial charge in [0.1, 0.15) is 11.5 Å². The average molecular weight is 419 g/mol. The summed E-state index contributed by atoms with van der Waals surface area (Å²) in [4.78, 5) is 7.89. The predicted octanol–water partition coefficient (Wildman–Crippen LogP) is 5.54. The van der Waals surface area contributed by atoms with Gasteiger partial charge in [-0.15, -0.1) is 0 Å². The minimum atomic E-state index is 0.0835. The fourth-order valence-electron chi connectivity index (χ4n) is 2.77. The van der Waals surface area contributed by atoms with E-state index in [1.165, 1.54) is 6.20 Å². The third kappa shape index (κ3) is 4.08. The average Bonchev–Trinajstić information content (AvgIpc) is 2.65. The van der Waals surface area contributed by atoms with Crippen LogP contribution in [-0.4, -0.2) is 17.1 Å². The third-order valence-corrected chi connectivity index (χ3v) is 4.95. The zero-order valence-corrected chi connectivity index (χ0v) is 17.2. The van der Waals surface area contributed by atoms with Gasteiger partial charge in [-0.3, -0.25) is 0 Å². The molecule has 1 heterocycles. The molecule has 0 aliphatic heterocycles. The van der Waals surface area contributed by atoms with E-state index in [0.717, 1.165) is 16.7 Å². The number of nitrogen functional groups attached to an aromatic ring is 2. The summed E-state index contributed by atoms with van der Waals surface area (Å²) in [5.74, 6) is 2.03. The lowest BCUT2D eigenvalue weighted by atomic mass is 9.96. The zero-order valence-electron chi connectivity index (χ0n) is 15.7. The maximum absolute atomic E-state index is 6.20. The molecule has 6 nitrogen and oxygen atoms in total. The minimum Gasteiger partial charge on any atom is -0.496 e. The molecule has 8 heteroatoms. The Balaban J connectivity index is 2.15. The fraction of sp³-hybridized carbons (Fsp3) is 0.200. The van der Waals surface area contributed by atoms with Crippen molar-refractivity contribution in [1.82, 2.24) is 9.97 Å². The maximum atomic E-state index is 6.20. The van der Waals surface area contributed by atoms with Crippen molar-refractivity contribution < 1.29 is 9.47 Å². The van der Waals surface area contributed by atoms with Crippen molar-refractivity contribution in [2.45, 2.75) is 19.8 Å². The molecule has 0 aliphatic rings. The highest BCUT2D eigenvalue weighted by Gasteiger charge is 2.18. The number of anilines is 2. The van der Waals surface area contributed by atoms with Gasteiger partial charge in [-0.25, -0.2) is 4.98 Å². The predicted molar refractivity (Wildman–Crippen MR) is 113 cm³/mol. The molecule has 2 aromatic carbocycles. The number of hydrogen-bond acceptors (Lipinski definition) is 6. The van der Waals surface area contributed by atoms with Crippen LogP contribution in [-0.2, 0) is 0 Å². The first-order valence-electron chi connectivity index (χ1n) is 8.53. The number of nitrogens with two attached hydrogens (primary N) is 2. The van der Waals surface area contributed by atoms with E-state index < -0.39 is 0 Å². The molecule has 146 valence electrons. The van der Waals surface area contributed by atoms with Crippen LogP contribution < -0.4 is 20.9 Å². The summed E-state index contributed by atoms with van der Waals surface area (Å²) >= 11 is 12.2. The second-order valence-corrected chi connectivity index (χ2v) is 7.27. The number of rotatable bonds is 5. The van der Waals surface area contributed by atoms with Crippen molar-refractivity contribution in [3.8, 4) is 28.4 Å². The molecule has 4 N–H and O–H groups in total. The van der Waals surface area contributed by atoms with Crippen LogP contribution in [0.15, 0.2) is 36.5 Å². The van der Waals surface area contributed by atoms with Gasteiger partial charge in [0, 0.05) is 11.1 Å². The van der Waals surface area contributed by atoms with Gasteiger partial charge < -0.3 is 20.9 Å². The first-order chi connectivity index (χ1) is 13.3. The Kier molecular flexibility index (Phi) is 5.82. The number of benzene rings is 2. The highest BCUT2D eigenvalue weighted by atomic mass is 35.5. The van der Waals surface area contributed by atoms with E-state index in [0.29, 0.717) is 27.3 Å². The van der Waals surface area contributed by atoms with Gasteiger partial charge in [0.2, 0.25) is 5.95 Å². The van der Waals surface area contributed by atoms with Gasteiger partial charge in [0.25, 0.3) is 0 Å². The van der Waals surface area contributed by atoms with Crippen LogP contribution in [0.2, 0.25) is 10.0 Å². The van der Waals surface area contributed by atoms with E-state index >= 15 is 0 Å². The van der Waals surface area contributed by atoms with Crippen LogP contribution >= 0.6 is 23.2 Å². The molecular weight excluding hydrogens is 399 g/mol. The fourth-order valence-corrected chi connectivity index (χ4v) is 3.07. The molecule has 3 aromatic rings. The van der Waals surface area contributed by atoms with Gasteiger partial charge in [0.15, 0.2) is 11.6 Å². The summed E-state index contributed by atoms with van der Waals surface area (Å²) in [5.41, 5.74) is 14.1. The molecule has 0 amide bonds. The summed E-state index contributed by atoms with van der Waals surface area (Å²) in [7, 11) is 1.62. The Morgan fingerprint density at radius 2 is 1.71 bits per heavy atom. The van der Waals surface area contributed by atoms with E-state index in [2.05, 4.69) is 23.8 Å². The van der Waals surface area contributed by atoms with Gasteiger partial charge in [-0.2, -0.15) is 4.98 Å². The molecule has 0 saturated carbocycles. The Bertz CT molecular complexity index is 1030. The molecule has 0 fully saturated rings. The van der Waals surface area contributed by atoms with Crippen molar-refractivity contribution in [3.05, 3.63) is 52.1 Å². The molecule has 0 aliphatic carbocycles. The minimum absolute atomic E-state index is 0.0835. The largest absolute Gasteiger partial charge is 0.496 e. The molecule has 1 aromatic heterocycles. The van der Waals surface area contributed by atoms with Crippen molar-refractivity contribution in [1.29, 1.82) is 0 Å². The SMILES string of the molecule is COc1cc(C(C)C)c(Oc2cnc(N)nc2N)cc1-c1ccc(Cl)c(Cl)c1. The Morgan fingerprint density at radius 1 is 0.964 bits per heavy atom. The van der Waals surface area contributed by atoms with Gasteiger partial charge >= 0.3 is 0 Å². The molecular formula is C20H20Cl2N4O2. The van der Waals surface area contributed by atoms with Gasteiger partial charge in [0.05, 0.1) is 23.4 Å². The van der Waals surface area contributed by atoms with E-state index in [1.54, 1.807) is 19.2 Å². The number of nitrogens with zero attached hydrogens (tertiary/aromatic N) is 2. The monoisotopic (exact) mass is 418 g/mol. The van der Waals surface area contributed by atoms with E-state index in [1.807, 2.05) is 18.2 Å².